The molecule has 25 heavy (non-hydrogen) atoms. The Morgan fingerprint density at radius 2 is 2.24 bits per heavy atom. The maximum Gasteiger partial charge on any atom is 0.317 e. The van der Waals surface area contributed by atoms with Gasteiger partial charge in [-0.15, -0.1) is 0 Å². The maximum absolute atomic E-state index is 13.8. The van der Waals surface area contributed by atoms with E-state index in [1.165, 1.54) is 12.1 Å². The van der Waals surface area contributed by atoms with Crippen LogP contribution < -0.4 is 5.32 Å². The van der Waals surface area contributed by atoms with Crippen molar-refractivity contribution in [3.05, 3.63) is 53.4 Å². The molecular formula is C18H22F2N4O. The van der Waals surface area contributed by atoms with Gasteiger partial charge in [-0.3, -0.25) is 4.68 Å². The minimum Gasteiger partial charge on any atom is -0.337 e. The Bertz CT molecular complexity index is 761. The number of hydrogen-bond acceptors (Lipinski definition) is 2. The monoisotopic (exact) mass is 348 g/mol. The van der Waals surface area contributed by atoms with Gasteiger partial charge in [0.15, 0.2) is 0 Å². The Morgan fingerprint density at radius 3 is 2.92 bits per heavy atom. The fourth-order valence-corrected chi connectivity index (χ4v) is 3.32. The molecule has 1 aliphatic rings. The average Bonchev–Trinajstić information content (AvgIpc) is 3.20. The van der Waals surface area contributed by atoms with E-state index in [9.17, 15) is 13.6 Å². The molecule has 1 aromatic heterocycles. The van der Waals surface area contributed by atoms with Crippen molar-refractivity contribution in [2.24, 2.45) is 7.05 Å². The van der Waals surface area contributed by atoms with Gasteiger partial charge in [0.1, 0.15) is 11.6 Å². The number of nitrogens with one attached hydrogen (secondary N) is 1. The van der Waals surface area contributed by atoms with Crippen LogP contribution in [-0.2, 0) is 7.05 Å². The van der Waals surface area contributed by atoms with Gasteiger partial charge in [-0.25, -0.2) is 13.6 Å². The third-order valence-electron chi connectivity index (χ3n) is 4.68. The number of likely N-dealkylation sites (tertiary alicyclic amines) is 1. The zero-order chi connectivity index (χ0) is 18.0. The summed E-state index contributed by atoms with van der Waals surface area (Å²) in [7, 11) is 1.85. The van der Waals surface area contributed by atoms with Crippen LogP contribution in [0, 0.1) is 11.6 Å². The summed E-state index contributed by atoms with van der Waals surface area (Å²) in [5.41, 5.74) is 1.42. The zero-order valence-corrected chi connectivity index (χ0v) is 14.4. The molecule has 1 aliphatic heterocycles. The molecule has 7 heteroatoms. The van der Waals surface area contributed by atoms with Gasteiger partial charge in [-0.1, -0.05) is 13.0 Å². The number of amides is 2. The molecule has 2 heterocycles. The zero-order valence-electron chi connectivity index (χ0n) is 14.4. The van der Waals surface area contributed by atoms with E-state index >= 15 is 0 Å². The van der Waals surface area contributed by atoms with Gasteiger partial charge in [0.05, 0.1) is 12.2 Å². The summed E-state index contributed by atoms with van der Waals surface area (Å²) in [4.78, 5) is 14.3. The summed E-state index contributed by atoms with van der Waals surface area (Å²) >= 11 is 0. The van der Waals surface area contributed by atoms with Crippen molar-refractivity contribution in [3.8, 4) is 0 Å². The van der Waals surface area contributed by atoms with Crippen LogP contribution in [0.15, 0.2) is 30.6 Å². The van der Waals surface area contributed by atoms with E-state index < -0.39 is 11.6 Å². The fraction of sp³-hybridized carbons (Fsp3) is 0.444. The first-order valence-corrected chi connectivity index (χ1v) is 8.43. The number of rotatable bonds is 4. The normalized spacial score (nSPS) is 18.4. The lowest BCUT2D eigenvalue weighted by Crippen LogP contribution is -2.40. The number of carbonyl (C=O) groups is 1. The highest BCUT2D eigenvalue weighted by Crippen LogP contribution is 2.31. The number of halogens is 2. The van der Waals surface area contributed by atoms with Gasteiger partial charge < -0.3 is 10.2 Å². The van der Waals surface area contributed by atoms with E-state index in [0.29, 0.717) is 12.1 Å². The predicted octanol–water partition coefficient (Wildman–Crippen LogP) is 3.35. The second kappa shape index (κ2) is 7.21. The molecule has 2 amide bonds. The van der Waals surface area contributed by atoms with E-state index in [1.54, 1.807) is 22.7 Å². The molecule has 134 valence electrons. The molecule has 2 aromatic rings. The van der Waals surface area contributed by atoms with E-state index in [2.05, 4.69) is 10.4 Å². The summed E-state index contributed by atoms with van der Waals surface area (Å²) in [6.07, 6.45) is 5.55. The highest BCUT2D eigenvalue weighted by atomic mass is 19.1. The molecule has 0 radical (unpaired) electrons. The minimum absolute atomic E-state index is 0.0200. The molecule has 0 bridgehead atoms. The van der Waals surface area contributed by atoms with Crippen molar-refractivity contribution in [2.45, 2.75) is 31.7 Å². The summed E-state index contributed by atoms with van der Waals surface area (Å²) in [6.45, 7) is 2.78. The molecule has 1 aromatic carbocycles. The lowest BCUT2D eigenvalue weighted by Gasteiger charge is -2.25. The Labute approximate surface area is 145 Å². The highest BCUT2D eigenvalue weighted by molar-refractivity contribution is 5.75. The van der Waals surface area contributed by atoms with Crippen molar-refractivity contribution < 1.29 is 13.6 Å². The van der Waals surface area contributed by atoms with Crippen LogP contribution in [0.5, 0.6) is 0 Å². The second-order valence-electron chi connectivity index (χ2n) is 6.55. The first kappa shape index (κ1) is 17.4. The maximum atomic E-state index is 13.8. The van der Waals surface area contributed by atoms with Crippen LogP contribution in [0.2, 0.25) is 0 Å². The number of hydrogen-bond donors (Lipinski definition) is 1. The van der Waals surface area contributed by atoms with Crippen LogP contribution in [-0.4, -0.2) is 33.8 Å². The standard InChI is InChI=1S/C18H22F2N4O/c1-12(15-6-5-14(19)8-16(15)20)9-21-18(25)24-7-3-4-17(24)13-10-22-23(2)11-13/h5-6,8,10-12,17H,3-4,7,9H2,1-2H3,(H,21,25)/t12-,17-/m0/s1. The van der Waals surface area contributed by atoms with Crippen LogP contribution in [0.4, 0.5) is 13.6 Å². The topological polar surface area (TPSA) is 50.2 Å². The van der Waals surface area contributed by atoms with Crippen molar-refractivity contribution in [1.82, 2.24) is 20.0 Å². The Kier molecular flexibility index (Phi) is 5.01. The quantitative estimate of drug-likeness (QED) is 0.921. The number of aryl methyl sites for hydroxylation is 1. The average molecular weight is 348 g/mol. The molecule has 3 rings (SSSR count). The van der Waals surface area contributed by atoms with Gasteiger partial charge in [0.2, 0.25) is 0 Å². The molecule has 0 saturated carbocycles. The summed E-state index contributed by atoms with van der Waals surface area (Å²) < 4.78 is 28.6. The van der Waals surface area contributed by atoms with Crippen LogP contribution >= 0.6 is 0 Å². The van der Waals surface area contributed by atoms with Crippen molar-refractivity contribution in [1.29, 1.82) is 0 Å². The smallest absolute Gasteiger partial charge is 0.317 e. The van der Waals surface area contributed by atoms with Gasteiger partial charge in [0.25, 0.3) is 0 Å². The molecule has 5 nitrogen and oxygen atoms in total. The fourth-order valence-electron chi connectivity index (χ4n) is 3.32. The van der Waals surface area contributed by atoms with Crippen LogP contribution in [0.1, 0.15) is 42.9 Å². The third-order valence-corrected chi connectivity index (χ3v) is 4.68. The van der Waals surface area contributed by atoms with Crippen molar-refractivity contribution >= 4 is 6.03 Å². The SMILES string of the molecule is C[C@@H](CNC(=O)N1CCC[C@H]1c1cnn(C)c1)c1ccc(F)cc1F. The number of benzene rings is 1. The van der Waals surface area contributed by atoms with E-state index in [0.717, 1.165) is 24.5 Å². The Hall–Kier alpha value is -2.44. The molecular weight excluding hydrogens is 326 g/mol. The highest BCUT2D eigenvalue weighted by Gasteiger charge is 2.30. The minimum atomic E-state index is -0.603. The van der Waals surface area contributed by atoms with E-state index in [1.807, 2.05) is 13.2 Å². The summed E-state index contributed by atoms with van der Waals surface area (Å²) in [5, 5.41) is 7.04. The molecule has 1 N–H and O–H groups in total. The molecule has 2 atom stereocenters. The first-order valence-electron chi connectivity index (χ1n) is 8.43. The van der Waals surface area contributed by atoms with E-state index in [-0.39, 0.29) is 24.5 Å². The van der Waals surface area contributed by atoms with Crippen molar-refractivity contribution in [3.63, 3.8) is 0 Å². The Morgan fingerprint density at radius 1 is 1.44 bits per heavy atom. The molecule has 1 fully saturated rings. The Balaban J connectivity index is 1.61. The lowest BCUT2D eigenvalue weighted by atomic mass is 10.0. The predicted molar refractivity (Wildman–Crippen MR) is 90.1 cm³/mol. The number of urea groups is 1. The lowest BCUT2D eigenvalue weighted by molar-refractivity contribution is 0.192. The third kappa shape index (κ3) is 3.81. The molecule has 1 saturated heterocycles. The van der Waals surface area contributed by atoms with Crippen molar-refractivity contribution in [2.75, 3.05) is 13.1 Å². The first-order chi connectivity index (χ1) is 12.0. The number of aromatic nitrogens is 2. The summed E-state index contributed by atoms with van der Waals surface area (Å²) in [5.74, 6) is -1.44. The van der Waals surface area contributed by atoms with Crippen LogP contribution in [0.3, 0.4) is 0 Å². The molecule has 0 aliphatic carbocycles. The van der Waals surface area contributed by atoms with Gasteiger partial charge in [-0.05, 0) is 24.5 Å². The van der Waals surface area contributed by atoms with Gasteiger partial charge in [0, 0.05) is 43.9 Å². The molecule has 0 unspecified atom stereocenters. The number of nitrogens with zero attached hydrogens (tertiary/aromatic N) is 3. The number of carbonyl (C=O) groups excluding carboxylic acids is 1. The second-order valence-corrected chi connectivity index (χ2v) is 6.55. The largest absolute Gasteiger partial charge is 0.337 e. The van der Waals surface area contributed by atoms with Gasteiger partial charge in [-0.2, -0.15) is 5.10 Å². The molecule has 0 spiro atoms. The van der Waals surface area contributed by atoms with Crippen LogP contribution in [0.25, 0.3) is 0 Å². The van der Waals surface area contributed by atoms with Gasteiger partial charge >= 0.3 is 6.03 Å². The van der Waals surface area contributed by atoms with E-state index in [4.69, 9.17) is 0 Å². The summed E-state index contributed by atoms with van der Waals surface area (Å²) in [6, 6.07) is 3.38.